The molecule has 0 radical (unpaired) electrons. The van der Waals surface area contributed by atoms with Crippen LogP contribution in [0.25, 0.3) is 0 Å². The van der Waals surface area contributed by atoms with Crippen LogP contribution in [0.15, 0.2) is 5.18 Å². The molecule has 0 rings (SSSR count). The maximum Gasteiger partial charge on any atom is 0.133 e. The first kappa shape index (κ1) is 6.56. The van der Waals surface area contributed by atoms with Crippen LogP contribution < -0.4 is 5.73 Å². The highest BCUT2D eigenvalue weighted by Gasteiger charge is 1.98. The second-order valence-corrected chi connectivity index (χ2v) is 1.59. The Morgan fingerprint density at radius 2 is 2.43 bits per heavy atom. The third kappa shape index (κ3) is 3.39. The van der Waals surface area contributed by atoms with Crippen molar-refractivity contribution in [2.24, 2.45) is 5.18 Å². The SMILES string of the molecule is CCC([NH3+])CN=O. The van der Waals surface area contributed by atoms with Crippen molar-refractivity contribution >= 4 is 0 Å². The molecule has 3 nitrogen and oxygen atoms in total. The van der Waals surface area contributed by atoms with Gasteiger partial charge in [0.25, 0.3) is 0 Å². The molecule has 3 N–H and O–H groups in total. The van der Waals surface area contributed by atoms with Gasteiger partial charge in [-0.3, -0.25) is 0 Å². The molecule has 0 spiro atoms. The summed E-state index contributed by atoms with van der Waals surface area (Å²) in [6.07, 6.45) is 0.936. The molecular formula is C4H11N2O+. The fraction of sp³-hybridized carbons (Fsp3) is 1.00. The summed E-state index contributed by atoms with van der Waals surface area (Å²) in [6, 6.07) is 0.220. The predicted molar refractivity (Wildman–Crippen MR) is 27.6 cm³/mol. The van der Waals surface area contributed by atoms with E-state index in [0.29, 0.717) is 6.54 Å². The van der Waals surface area contributed by atoms with E-state index >= 15 is 0 Å². The molecule has 0 aromatic heterocycles. The molecule has 0 aliphatic rings. The van der Waals surface area contributed by atoms with Gasteiger partial charge in [-0.05, 0) is 6.42 Å². The van der Waals surface area contributed by atoms with Gasteiger partial charge in [0.15, 0.2) is 0 Å². The topological polar surface area (TPSA) is 57.1 Å². The summed E-state index contributed by atoms with van der Waals surface area (Å²) >= 11 is 0. The zero-order chi connectivity index (χ0) is 5.70. The summed E-state index contributed by atoms with van der Waals surface area (Å²) in [5.74, 6) is 0. The second kappa shape index (κ2) is 3.74. The van der Waals surface area contributed by atoms with Crippen LogP contribution in [0.5, 0.6) is 0 Å². The summed E-state index contributed by atoms with van der Waals surface area (Å²) in [4.78, 5) is 9.48. The van der Waals surface area contributed by atoms with E-state index in [4.69, 9.17) is 0 Å². The third-order valence-corrected chi connectivity index (χ3v) is 0.910. The van der Waals surface area contributed by atoms with Gasteiger partial charge in [0.1, 0.15) is 12.6 Å². The average Bonchev–Trinajstić information content (AvgIpc) is 1.68. The highest BCUT2D eigenvalue weighted by atomic mass is 16.3. The van der Waals surface area contributed by atoms with E-state index in [0.717, 1.165) is 6.42 Å². The number of nitroso groups, excluding NO2 is 1. The molecule has 1 atom stereocenters. The fourth-order valence-corrected chi connectivity index (χ4v) is 0.235. The van der Waals surface area contributed by atoms with Crippen LogP contribution in [-0.2, 0) is 0 Å². The molecule has 0 saturated heterocycles. The zero-order valence-electron chi connectivity index (χ0n) is 4.55. The van der Waals surface area contributed by atoms with Gasteiger partial charge in [0.05, 0.1) is 0 Å². The van der Waals surface area contributed by atoms with Gasteiger partial charge in [-0.15, -0.1) is 0 Å². The summed E-state index contributed by atoms with van der Waals surface area (Å²) in [6.45, 7) is 2.35. The minimum absolute atomic E-state index is 0.220. The van der Waals surface area contributed by atoms with E-state index in [1.54, 1.807) is 0 Å². The maximum absolute atomic E-state index is 9.48. The summed E-state index contributed by atoms with van der Waals surface area (Å²) < 4.78 is 0. The van der Waals surface area contributed by atoms with Crippen LogP contribution in [0.1, 0.15) is 13.3 Å². The Morgan fingerprint density at radius 3 is 2.57 bits per heavy atom. The van der Waals surface area contributed by atoms with Gasteiger partial charge in [0, 0.05) is 0 Å². The molecule has 0 heterocycles. The van der Waals surface area contributed by atoms with Crippen molar-refractivity contribution in [2.75, 3.05) is 6.54 Å². The van der Waals surface area contributed by atoms with Crippen LogP contribution in [0.3, 0.4) is 0 Å². The first-order valence-corrected chi connectivity index (χ1v) is 2.43. The standard InChI is InChI=1S/C4H10N2O/c1-2-4(5)3-6-7/h4H,2-3,5H2,1H3/p+1. The normalized spacial score (nSPS) is 13.4. The Balaban J connectivity index is 2.98. The molecule has 7 heavy (non-hydrogen) atoms. The minimum atomic E-state index is 0.220. The van der Waals surface area contributed by atoms with Gasteiger partial charge < -0.3 is 5.73 Å². The molecule has 0 saturated carbocycles. The molecule has 3 heteroatoms. The van der Waals surface area contributed by atoms with Crippen LogP contribution in [-0.4, -0.2) is 12.6 Å². The number of nitrogens with zero attached hydrogens (tertiary/aromatic N) is 1. The summed E-state index contributed by atoms with van der Waals surface area (Å²) in [5, 5.41) is 2.69. The Bertz CT molecular complexity index is 55.7. The van der Waals surface area contributed by atoms with Crippen molar-refractivity contribution in [2.45, 2.75) is 19.4 Å². The van der Waals surface area contributed by atoms with Crippen molar-refractivity contribution < 1.29 is 5.73 Å². The van der Waals surface area contributed by atoms with E-state index in [1.807, 2.05) is 6.92 Å². The highest BCUT2D eigenvalue weighted by Crippen LogP contribution is 1.81. The maximum atomic E-state index is 9.48. The van der Waals surface area contributed by atoms with Gasteiger partial charge >= 0.3 is 0 Å². The van der Waals surface area contributed by atoms with Crippen molar-refractivity contribution in [3.05, 3.63) is 4.91 Å². The summed E-state index contributed by atoms with van der Waals surface area (Å²) in [7, 11) is 0. The lowest BCUT2D eigenvalue weighted by Crippen LogP contribution is -2.62. The lowest BCUT2D eigenvalue weighted by Gasteiger charge is -1.93. The Hall–Kier alpha value is -0.440. The molecule has 0 aliphatic carbocycles. The molecule has 0 aromatic carbocycles. The van der Waals surface area contributed by atoms with E-state index in [1.165, 1.54) is 0 Å². The smallest absolute Gasteiger partial charge is 0.133 e. The minimum Gasteiger partial charge on any atom is -0.353 e. The number of hydrogen-bond donors (Lipinski definition) is 1. The van der Waals surface area contributed by atoms with Gasteiger partial charge in [-0.2, -0.15) is 4.91 Å². The molecular weight excluding hydrogens is 92.1 g/mol. The number of hydrogen-bond acceptors (Lipinski definition) is 2. The molecule has 0 amide bonds. The largest absolute Gasteiger partial charge is 0.353 e. The lowest BCUT2D eigenvalue weighted by atomic mass is 10.2. The molecule has 0 fully saturated rings. The third-order valence-electron chi connectivity index (χ3n) is 0.910. The second-order valence-electron chi connectivity index (χ2n) is 1.59. The molecule has 0 aromatic rings. The van der Waals surface area contributed by atoms with Crippen molar-refractivity contribution in [1.29, 1.82) is 0 Å². The number of rotatable bonds is 3. The van der Waals surface area contributed by atoms with E-state index in [-0.39, 0.29) is 6.04 Å². The van der Waals surface area contributed by atoms with Gasteiger partial charge in [-0.25, -0.2) is 0 Å². The van der Waals surface area contributed by atoms with Gasteiger partial charge in [0.2, 0.25) is 0 Å². The van der Waals surface area contributed by atoms with Crippen LogP contribution in [0, 0.1) is 4.91 Å². The van der Waals surface area contributed by atoms with E-state index < -0.39 is 0 Å². The molecule has 1 unspecified atom stereocenters. The molecule has 0 bridgehead atoms. The van der Waals surface area contributed by atoms with E-state index in [2.05, 4.69) is 10.9 Å². The fourth-order valence-electron chi connectivity index (χ4n) is 0.235. The zero-order valence-corrected chi connectivity index (χ0v) is 4.55. The van der Waals surface area contributed by atoms with Crippen LogP contribution in [0.4, 0.5) is 0 Å². The van der Waals surface area contributed by atoms with Crippen molar-refractivity contribution in [1.82, 2.24) is 0 Å². The van der Waals surface area contributed by atoms with Gasteiger partial charge in [-0.1, -0.05) is 12.1 Å². The predicted octanol–water partition coefficient (Wildman–Crippen LogP) is -0.227. The van der Waals surface area contributed by atoms with Crippen LogP contribution in [0.2, 0.25) is 0 Å². The van der Waals surface area contributed by atoms with Crippen molar-refractivity contribution in [3.8, 4) is 0 Å². The van der Waals surface area contributed by atoms with E-state index in [9.17, 15) is 4.91 Å². The average molecular weight is 103 g/mol. The monoisotopic (exact) mass is 103 g/mol. The lowest BCUT2D eigenvalue weighted by molar-refractivity contribution is -0.416. The Labute approximate surface area is 42.9 Å². The first-order valence-electron chi connectivity index (χ1n) is 2.43. The molecule has 0 aliphatic heterocycles. The first-order chi connectivity index (χ1) is 3.31. The quantitative estimate of drug-likeness (QED) is 0.493. The number of quaternary nitrogens is 1. The van der Waals surface area contributed by atoms with Crippen LogP contribution >= 0.6 is 0 Å². The Morgan fingerprint density at radius 1 is 1.86 bits per heavy atom. The van der Waals surface area contributed by atoms with Crippen molar-refractivity contribution in [3.63, 3.8) is 0 Å². The molecule has 42 valence electrons. The highest BCUT2D eigenvalue weighted by molar-refractivity contribution is 4.50. The Kier molecular flexibility index (Phi) is 3.50. The summed E-state index contributed by atoms with van der Waals surface area (Å²) in [5.41, 5.74) is 3.65.